The topological polar surface area (TPSA) is 64.7 Å². The number of allylic oxidation sites excluding steroid dienone is 1. The van der Waals surface area contributed by atoms with Crippen LogP contribution in [0.2, 0.25) is 5.02 Å². The highest BCUT2D eigenvalue weighted by Crippen LogP contribution is 2.23. The van der Waals surface area contributed by atoms with E-state index in [1.54, 1.807) is 10.8 Å². The minimum absolute atomic E-state index is 0.104. The van der Waals surface area contributed by atoms with Gasteiger partial charge in [0.15, 0.2) is 0 Å². The minimum atomic E-state index is -0.349. The van der Waals surface area contributed by atoms with E-state index in [9.17, 15) is 4.79 Å². The molecule has 106 valence electrons. The zero-order chi connectivity index (χ0) is 14.7. The summed E-state index contributed by atoms with van der Waals surface area (Å²) in [6, 6.07) is 0. The van der Waals surface area contributed by atoms with Crippen LogP contribution in [0.25, 0.3) is 0 Å². The predicted molar refractivity (Wildman–Crippen MR) is 79.6 cm³/mol. The molecule has 0 bridgehead atoms. The lowest BCUT2D eigenvalue weighted by Gasteiger charge is -2.08. The molecule has 2 aromatic heterocycles. The molecule has 0 atom stereocenters. The fourth-order valence-corrected chi connectivity index (χ4v) is 2.04. The van der Waals surface area contributed by atoms with Crippen LogP contribution in [-0.2, 0) is 20.0 Å². The lowest BCUT2D eigenvalue weighted by atomic mass is 10.3. The molecule has 2 heterocycles. The first-order valence-electron chi connectivity index (χ1n) is 6.22. The molecule has 2 rings (SSSR count). The van der Waals surface area contributed by atoms with E-state index in [2.05, 4.69) is 22.1 Å². The van der Waals surface area contributed by atoms with E-state index < -0.39 is 0 Å². The molecule has 1 N–H and O–H groups in total. The van der Waals surface area contributed by atoms with Gasteiger partial charge in [0.05, 0.1) is 29.8 Å². The Kier molecular flexibility index (Phi) is 4.24. The number of aryl methyl sites for hydroxylation is 2. The molecule has 0 aliphatic carbocycles. The van der Waals surface area contributed by atoms with Gasteiger partial charge in [-0.15, -0.1) is 6.58 Å². The second kappa shape index (κ2) is 5.92. The van der Waals surface area contributed by atoms with Crippen molar-refractivity contribution in [2.45, 2.75) is 19.9 Å². The van der Waals surface area contributed by atoms with Gasteiger partial charge in [-0.25, -0.2) is 4.68 Å². The Labute approximate surface area is 121 Å². The van der Waals surface area contributed by atoms with Gasteiger partial charge in [0.1, 0.15) is 5.02 Å². The summed E-state index contributed by atoms with van der Waals surface area (Å²) < 4.78 is 2.96. The van der Waals surface area contributed by atoms with Crippen LogP contribution in [0.5, 0.6) is 0 Å². The lowest BCUT2D eigenvalue weighted by molar-refractivity contribution is 0.653. The van der Waals surface area contributed by atoms with E-state index in [-0.39, 0.29) is 10.6 Å². The van der Waals surface area contributed by atoms with Crippen molar-refractivity contribution in [3.05, 3.63) is 46.1 Å². The largest absolute Gasteiger partial charge is 0.350 e. The summed E-state index contributed by atoms with van der Waals surface area (Å²) in [4.78, 5) is 12.0. The molecule has 0 radical (unpaired) electrons. The molecule has 0 aromatic carbocycles. The van der Waals surface area contributed by atoms with Crippen LogP contribution in [0.3, 0.4) is 0 Å². The van der Waals surface area contributed by atoms with Crippen LogP contribution in [-0.4, -0.2) is 19.6 Å². The van der Waals surface area contributed by atoms with Crippen molar-refractivity contribution in [2.75, 3.05) is 5.32 Å². The molecular formula is C13H16ClN5O. The summed E-state index contributed by atoms with van der Waals surface area (Å²) in [6.45, 7) is 5.91. The minimum Gasteiger partial charge on any atom is -0.350 e. The molecule has 0 aliphatic heterocycles. The van der Waals surface area contributed by atoms with Crippen molar-refractivity contribution in [1.29, 1.82) is 0 Å². The van der Waals surface area contributed by atoms with Crippen molar-refractivity contribution < 1.29 is 0 Å². The Bertz CT molecular complexity index is 689. The Morgan fingerprint density at radius 1 is 1.50 bits per heavy atom. The van der Waals surface area contributed by atoms with Crippen molar-refractivity contribution in [2.24, 2.45) is 7.05 Å². The van der Waals surface area contributed by atoms with Crippen LogP contribution in [0.1, 0.15) is 12.6 Å². The number of hydrogen-bond acceptors (Lipinski definition) is 4. The van der Waals surface area contributed by atoms with Gasteiger partial charge in [-0.2, -0.15) is 10.2 Å². The van der Waals surface area contributed by atoms with Crippen LogP contribution < -0.4 is 10.9 Å². The molecule has 7 heteroatoms. The maximum Gasteiger partial charge on any atom is 0.287 e. The highest BCUT2D eigenvalue weighted by atomic mass is 35.5. The van der Waals surface area contributed by atoms with Crippen LogP contribution >= 0.6 is 11.6 Å². The Morgan fingerprint density at radius 3 is 2.90 bits per heavy atom. The van der Waals surface area contributed by atoms with Crippen LogP contribution in [0.15, 0.2) is 29.8 Å². The summed E-state index contributed by atoms with van der Waals surface area (Å²) in [7, 11) is 1.84. The normalized spacial score (nSPS) is 10.6. The number of anilines is 2. The van der Waals surface area contributed by atoms with E-state index in [1.807, 2.05) is 20.2 Å². The van der Waals surface area contributed by atoms with E-state index >= 15 is 0 Å². The van der Waals surface area contributed by atoms with Gasteiger partial charge < -0.3 is 5.32 Å². The van der Waals surface area contributed by atoms with E-state index in [0.717, 1.165) is 17.8 Å². The molecule has 0 fully saturated rings. The molecule has 0 aliphatic rings. The maximum absolute atomic E-state index is 12.0. The third kappa shape index (κ3) is 2.75. The highest BCUT2D eigenvalue weighted by molar-refractivity contribution is 6.33. The molecule has 0 unspecified atom stereocenters. The van der Waals surface area contributed by atoms with Crippen molar-refractivity contribution in [3.63, 3.8) is 0 Å². The number of halogens is 1. The number of nitrogens with zero attached hydrogens (tertiary/aromatic N) is 4. The van der Waals surface area contributed by atoms with Crippen molar-refractivity contribution in [3.8, 4) is 0 Å². The van der Waals surface area contributed by atoms with Crippen LogP contribution in [0.4, 0.5) is 11.4 Å². The number of hydrogen-bond donors (Lipinski definition) is 1. The van der Waals surface area contributed by atoms with E-state index in [4.69, 9.17) is 11.6 Å². The van der Waals surface area contributed by atoms with Crippen molar-refractivity contribution in [1.82, 2.24) is 19.6 Å². The number of aromatic nitrogens is 4. The monoisotopic (exact) mass is 293 g/mol. The summed E-state index contributed by atoms with van der Waals surface area (Å²) in [6.07, 6.45) is 5.74. The molecule has 0 spiro atoms. The van der Waals surface area contributed by atoms with Gasteiger partial charge in [-0.3, -0.25) is 9.48 Å². The predicted octanol–water partition coefficient (Wildman–Crippen LogP) is 2.12. The molecule has 0 saturated heterocycles. The first-order chi connectivity index (χ1) is 9.56. The molecule has 0 saturated carbocycles. The molecule has 0 amide bonds. The average molecular weight is 294 g/mol. The summed E-state index contributed by atoms with van der Waals surface area (Å²) in [5, 5.41) is 11.6. The lowest BCUT2D eigenvalue weighted by Crippen LogP contribution is -2.23. The van der Waals surface area contributed by atoms with Gasteiger partial charge >= 0.3 is 0 Å². The van der Waals surface area contributed by atoms with Crippen molar-refractivity contribution >= 4 is 23.0 Å². The Hall–Kier alpha value is -2.08. The highest BCUT2D eigenvalue weighted by Gasteiger charge is 2.12. The average Bonchev–Trinajstić information content (AvgIpc) is 2.78. The molecule has 2 aromatic rings. The first kappa shape index (κ1) is 14.3. The zero-order valence-corrected chi connectivity index (χ0v) is 12.2. The second-order valence-corrected chi connectivity index (χ2v) is 4.67. The quantitative estimate of drug-likeness (QED) is 0.858. The fraction of sp³-hybridized carbons (Fsp3) is 0.308. The molecule has 6 nitrogen and oxygen atoms in total. The fourth-order valence-electron chi connectivity index (χ4n) is 1.85. The maximum atomic E-state index is 12.0. The van der Waals surface area contributed by atoms with Gasteiger partial charge in [-0.1, -0.05) is 24.6 Å². The van der Waals surface area contributed by atoms with Gasteiger partial charge in [-0.05, 0) is 6.42 Å². The summed E-state index contributed by atoms with van der Waals surface area (Å²) in [5.41, 5.74) is 1.84. The van der Waals surface area contributed by atoms with Gasteiger partial charge in [0.2, 0.25) is 0 Å². The number of nitrogens with one attached hydrogen (secondary N) is 1. The first-order valence-corrected chi connectivity index (χ1v) is 6.60. The Morgan fingerprint density at radius 2 is 2.25 bits per heavy atom. The van der Waals surface area contributed by atoms with Gasteiger partial charge in [0.25, 0.3) is 5.56 Å². The summed E-state index contributed by atoms with van der Waals surface area (Å²) in [5.74, 6) is 0. The Balaban J connectivity index is 2.37. The zero-order valence-electron chi connectivity index (χ0n) is 11.4. The third-order valence-corrected chi connectivity index (χ3v) is 3.16. The van der Waals surface area contributed by atoms with E-state index in [1.165, 1.54) is 10.9 Å². The van der Waals surface area contributed by atoms with E-state index in [0.29, 0.717) is 12.2 Å². The molecular weight excluding hydrogens is 278 g/mol. The number of rotatable bonds is 5. The van der Waals surface area contributed by atoms with Crippen LogP contribution in [0, 0.1) is 0 Å². The SMILES string of the molecule is C=CCn1ncc(Nc2cn(C)nc2CC)c(Cl)c1=O. The standard InChI is InChI=1S/C13H16ClN5O/c1-4-6-19-13(20)12(14)10(7-15-19)16-11-8-18(3)17-9(11)5-2/h4,7-8,16H,1,5-6H2,2-3H3. The second-order valence-electron chi connectivity index (χ2n) is 4.29. The summed E-state index contributed by atoms with van der Waals surface area (Å²) >= 11 is 6.09. The third-order valence-electron chi connectivity index (χ3n) is 2.80. The smallest absolute Gasteiger partial charge is 0.287 e. The van der Waals surface area contributed by atoms with Gasteiger partial charge in [0, 0.05) is 13.2 Å². The molecule has 20 heavy (non-hydrogen) atoms.